The summed E-state index contributed by atoms with van der Waals surface area (Å²) in [6, 6.07) is 15.8. The molecule has 100 valence electrons. The Balaban J connectivity index is 1.95. The van der Waals surface area contributed by atoms with Gasteiger partial charge in [-0.15, -0.1) is 0 Å². The second-order valence-corrected chi connectivity index (χ2v) is 5.38. The van der Waals surface area contributed by atoms with E-state index in [1.54, 1.807) is 0 Å². The molecule has 1 N–H and O–H groups in total. The van der Waals surface area contributed by atoms with Crippen molar-refractivity contribution >= 4 is 16.7 Å². The summed E-state index contributed by atoms with van der Waals surface area (Å²) in [6.45, 7) is 0. The lowest BCUT2D eigenvalue weighted by molar-refractivity contribution is 0.0922. The number of nitriles is 1. The highest BCUT2D eigenvalue weighted by Crippen LogP contribution is 2.29. The average Bonchev–Trinajstić information content (AvgIpc) is 2.95. The maximum Gasteiger partial charge on any atom is 0.253 e. The lowest BCUT2D eigenvalue weighted by Crippen LogP contribution is -2.45. The Labute approximate surface area is 118 Å². The molecule has 3 rings (SSSR count). The predicted molar refractivity (Wildman–Crippen MR) is 78.2 cm³/mol. The summed E-state index contributed by atoms with van der Waals surface area (Å²) < 4.78 is 0. The minimum Gasteiger partial charge on any atom is -0.334 e. The normalized spacial score (nSPS) is 16.8. The summed E-state index contributed by atoms with van der Waals surface area (Å²) in [4.78, 5) is 12.5. The van der Waals surface area contributed by atoms with Crippen molar-refractivity contribution in [1.82, 2.24) is 5.32 Å². The average molecular weight is 264 g/mol. The standard InChI is InChI=1S/C17H16N2O/c18-12-17(10-3-4-11-17)19-16(20)15-9-5-7-13-6-1-2-8-14(13)15/h1-2,5-9H,3-4,10-11H2,(H,19,20). The van der Waals surface area contributed by atoms with Gasteiger partial charge in [-0.25, -0.2) is 0 Å². The molecule has 1 amide bonds. The van der Waals surface area contributed by atoms with E-state index in [0.29, 0.717) is 5.56 Å². The Hall–Kier alpha value is -2.34. The number of fused-ring (bicyclic) bond motifs is 1. The maximum absolute atomic E-state index is 12.5. The molecule has 3 heteroatoms. The first-order chi connectivity index (χ1) is 9.74. The fraction of sp³-hybridized carbons (Fsp3) is 0.294. The van der Waals surface area contributed by atoms with Gasteiger partial charge < -0.3 is 5.32 Å². The van der Waals surface area contributed by atoms with Gasteiger partial charge in [0.05, 0.1) is 6.07 Å². The fourth-order valence-corrected chi connectivity index (χ4v) is 2.95. The van der Waals surface area contributed by atoms with Crippen LogP contribution in [0, 0.1) is 11.3 Å². The summed E-state index contributed by atoms with van der Waals surface area (Å²) in [6.07, 6.45) is 3.51. The first kappa shape index (κ1) is 12.7. The zero-order chi connectivity index (χ0) is 14.0. The first-order valence-electron chi connectivity index (χ1n) is 6.96. The minimum absolute atomic E-state index is 0.148. The second kappa shape index (κ2) is 4.97. The SMILES string of the molecule is N#CC1(NC(=O)c2cccc3ccccc23)CCCC1. The van der Waals surface area contributed by atoms with Crippen LogP contribution < -0.4 is 5.32 Å². The lowest BCUT2D eigenvalue weighted by atomic mass is 9.98. The van der Waals surface area contributed by atoms with Crippen LogP contribution >= 0.6 is 0 Å². The molecular formula is C17H16N2O. The maximum atomic E-state index is 12.5. The Bertz CT molecular complexity index is 688. The fourth-order valence-electron chi connectivity index (χ4n) is 2.95. The van der Waals surface area contributed by atoms with Crippen molar-refractivity contribution in [2.45, 2.75) is 31.2 Å². The molecule has 0 aromatic heterocycles. The predicted octanol–water partition coefficient (Wildman–Crippen LogP) is 3.41. The third-order valence-electron chi connectivity index (χ3n) is 4.06. The first-order valence-corrected chi connectivity index (χ1v) is 6.96. The number of carbonyl (C=O) groups is 1. The number of hydrogen-bond acceptors (Lipinski definition) is 2. The van der Waals surface area contributed by atoms with E-state index in [4.69, 9.17) is 0 Å². The van der Waals surface area contributed by atoms with Crippen LogP contribution in [0.15, 0.2) is 42.5 Å². The van der Waals surface area contributed by atoms with Gasteiger partial charge in [-0.3, -0.25) is 4.79 Å². The van der Waals surface area contributed by atoms with E-state index in [1.165, 1.54) is 0 Å². The van der Waals surface area contributed by atoms with Crippen molar-refractivity contribution in [1.29, 1.82) is 5.26 Å². The summed E-state index contributed by atoms with van der Waals surface area (Å²) in [5, 5.41) is 14.3. The van der Waals surface area contributed by atoms with Crippen molar-refractivity contribution in [3.05, 3.63) is 48.0 Å². The van der Waals surface area contributed by atoms with Crippen LogP contribution in [0.3, 0.4) is 0 Å². The van der Waals surface area contributed by atoms with Gasteiger partial charge in [-0.2, -0.15) is 5.26 Å². The van der Waals surface area contributed by atoms with Gasteiger partial charge in [-0.1, -0.05) is 36.4 Å². The zero-order valence-corrected chi connectivity index (χ0v) is 11.2. The molecule has 0 spiro atoms. The van der Waals surface area contributed by atoms with Crippen LogP contribution in [0.1, 0.15) is 36.0 Å². The molecule has 1 aliphatic carbocycles. The van der Waals surface area contributed by atoms with E-state index in [1.807, 2.05) is 42.5 Å². The highest BCUT2D eigenvalue weighted by molar-refractivity contribution is 6.07. The highest BCUT2D eigenvalue weighted by atomic mass is 16.1. The Morgan fingerprint density at radius 3 is 2.55 bits per heavy atom. The Kier molecular flexibility index (Phi) is 3.15. The van der Waals surface area contributed by atoms with Gasteiger partial charge >= 0.3 is 0 Å². The van der Waals surface area contributed by atoms with E-state index >= 15 is 0 Å². The Morgan fingerprint density at radius 2 is 1.80 bits per heavy atom. The van der Waals surface area contributed by atoms with Crippen molar-refractivity contribution in [2.24, 2.45) is 0 Å². The van der Waals surface area contributed by atoms with E-state index < -0.39 is 5.54 Å². The van der Waals surface area contributed by atoms with Gasteiger partial charge in [0.2, 0.25) is 0 Å². The highest BCUT2D eigenvalue weighted by Gasteiger charge is 2.35. The third-order valence-corrected chi connectivity index (χ3v) is 4.06. The smallest absolute Gasteiger partial charge is 0.253 e. The number of hydrogen-bond donors (Lipinski definition) is 1. The molecule has 0 bridgehead atoms. The number of amides is 1. The molecule has 1 saturated carbocycles. The van der Waals surface area contributed by atoms with E-state index in [-0.39, 0.29) is 5.91 Å². The number of carbonyl (C=O) groups excluding carboxylic acids is 1. The van der Waals surface area contributed by atoms with Gasteiger partial charge in [0.15, 0.2) is 0 Å². The largest absolute Gasteiger partial charge is 0.334 e. The molecule has 0 atom stereocenters. The molecule has 1 aliphatic rings. The quantitative estimate of drug-likeness (QED) is 0.903. The number of nitrogens with one attached hydrogen (secondary N) is 1. The van der Waals surface area contributed by atoms with Gasteiger partial charge in [0.1, 0.15) is 5.54 Å². The number of rotatable bonds is 2. The molecule has 0 unspecified atom stereocenters. The molecule has 1 fully saturated rings. The van der Waals surface area contributed by atoms with Crippen LogP contribution in [0.4, 0.5) is 0 Å². The van der Waals surface area contributed by atoms with Crippen molar-refractivity contribution in [3.8, 4) is 6.07 Å². The number of nitrogens with zero attached hydrogens (tertiary/aromatic N) is 1. The minimum atomic E-state index is -0.673. The van der Waals surface area contributed by atoms with E-state index in [0.717, 1.165) is 36.5 Å². The third kappa shape index (κ3) is 2.14. The summed E-state index contributed by atoms with van der Waals surface area (Å²) in [7, 11) is 0. The van der Waals surface area contributed by atoms with Crippen LogP contribution in [-0.2, 0) is 0 Å². The summed E-state index contributed by atoms with van der Waals surface area (Å²) in [5.41, 5.74) is -0.0294. The summed E-state index contributed by atoms with van der Waals surface area (Å²) in [5.74, 6) is -0.148. The number of benzene rings is 2. The van der Waals surface area contributed by atoms with Crippen LogP contribution in [-0.4, -0.2) is 11.4 Å². The molecule has 0 heterocycles. The molecule has 2 aromatic rings. The van der Waals surface area contributed by atoms with Crippen LogP contribution in [0.2, 0.25) is 0 Å². The topological polar surface area (TPSA) is 52.9 Å². The molecule has 2 aromatic carbocycles. The van der Waals surface area contributed by atoms with Gasteiger partial charge in [0.25, 0.3) is 5.91 Å². The van der Waals surface area contributed by atoms with Crippen LogP contribution in [0.25, 0.3) is 10.8 Å². The summed E-state index contributed by atoms with van der Waals surface area (Å²) >= 11 is 0. The molecule has 0 aliphatic heterocycles. The lowest BCUT2D eigenvalue weighted by Gasteiger charge is -2.22. The van der Waals surface area contributed by atoms with E-state index in [2.05, 4.69) is 11.4 Å². The van der Waals surface area contributed by atoms with E-state index in [9.17, 15) is 10.1 Å². The molecule has 20 heavy (non-hydrogen) atoms. The molecule has 0 radical (unpaired) electrons. The zero-order valence-electron chi connectivity index (χ0n) is 11.2. The molecule has 0 saturated heterocycles. The monoisotopic (exact) mass is 264 g/mol. The molecule has 3 nitrogen and oxygen atoms in total. The van der Waals surface area contributed by atoms with Crippen molar-refractivity contribution in [2.75, 3.05) is 0 Å². The second-order valence-electron chi connectivity index (χ2n) is 5.38. The Morgan fingerprint density at radius 1 is 1.10 bits per heavy atom. The van der Waals surface area contributed by atoms with Crippen LogP contribution in [0.5, 0.6) is 0 Å². The van der Waals surface area contributed by atoms with Gasteiger partial charge in [-0.05, 0) is 42.5 Å². The molecular weight excluding hydrogens is 248 g/mol. The van der Waals surface area contributed by atoms with Gasteiger partial charge in [0, 0.05) is 5.56 Å². The van der Waals surface area contributed by atoms with Crippen molar-refractivity contribution < 1.29 is 4.79 Å². The van der Waals surface area contributed by atoms with Crippen molar-refractivity contribution in [3.63, 3.8) is 0 Å².